The van der Waals surface area contributed by atoms with E-state index in [-0.39, 0.29) is 17.0 Å². The van der Waals surface area contributed by atoms with Crippen LogP contribution < -0.4 is 10.9 Å². The lowest BCUT2D eigenvalue weighted by Crippen LogP contribution is -2.27. The minimum absolute atomic E-state index is 0.0947. The van der Waals surface area contributed by atoms with Crippen LogP contribution in [-0.4, -0.2) is 28.5 Å². The number of esters is 1. The molecular weight excluding hydrogens is 370 g/mol. The molecule has 0 bridgehead atoms. The summed E-state index contributed by atoms with van der Waals surface area (Å²) in [5, 5.41) is 5.01. The van der Waals surface area contributed by atoms with Crippen molar-refractivity contribution in [3.63, 3.8) is 0 Å². The Labute approximate surface area is 156 Å². The maximum atomic E-state index is 12.6. The number of hydrogen-bond donors (Lipinski definition) is 1. The number of amides is 1. The zero-order valence-electron chi connectivity index (χ0n) is 14.1. The Morgan fingerprint density at radius 2 is 2.11 bits per heavy atom. The van der Waals surface area contributed by atoms with E-state index in [1.165, 1.54) is 13.4 Å². The molecule has 9 heteroatoms. The highest BCUT2D eigenvalue weighted by Gasteiger charge is 2.17. The van der Waals surface area contributed by atoms with Crippen LogP contribution in [0.15, 0.2) is 51.3 Å². The molecule has 8 nitrogen and oxygen atoms in total. The second-order valence-corrected chi connectivity index (χ2v) is 6.57. The molecular formula is C18H13N3O5S. The fraction of sp³-hybridized carbons (Fsp3) is 0.111. The summed E-state index contributed by atoms with van der Waals surface area (Å²) in [6.45, 7) is -0.269. The Morgan fingerprint density at radius 3 is 2.93 bits per heavy atom. The van der Waals surface area contributed by atoms with Gasteiger partial charge in [-0.15, -0.1) is 11.3 Å². The lowest BCUT2D eigenvalue weighted by molar-refractivity contribution is -0.116. The van der Waals surface area contributed by atoms with Crippen molar-refractivity contribution in [2.24, 2.45) is 0 Å². The molecule has 136 valence electrons. The van der Waals surface area contributed by atoms with Gasteiger partial charge in [-0.25, -0.2) is 9.78 Å². The van der Waals surface area contributed by atoms with Gasteiger partial charge in [0.05, 0.1) is 19.1 Å². The number of carbonyl (C=O) groups excluding carboxylic acids is 2. The molecule has 4 aromatic rings. The third kappa shape index (κ3) is 2.97. The number of ether oxygens (including phenoxy) is 1. The van der Waals surface area contributed by atoms with Crippen LogP contribution in [0.4, 0.5) is 5.69 Å². The summed E-state index contributed by atoms with van der Waals surface area (Å²) in [6, 6.07) is 8.79. The van der Waals surface area contributed by atoms with Gasteiger partial charge in [0.1, 0.15) is 22.5 Å². The van der Waals surface area contributed by atoms with Crippen molar-refractivity contribution < 1.29 is 18.7 Å². The van der Waals surface area contributed by atoms with Crippen LogP contribution >= 0.6 is 11.3 Å². The van der Waals surface area contributed by atoms with Gasteiger partial charge in [0.25, 0.3) is 5.56 Å². The fourth-order valence-electron chi connectivity index (χ4n) is 2.73. The molecule has 1 amide bonds. The zero-order chi connectivity index (χ0) is 19.0. The van der Waals surface area contributed by atoms with Gasteiger partial charge in [0.15, 0.2) is 0 Å². The van der Waals surface area contributed by atoms with Crippen molar-refractivity contribution in [2.75, 3.05) is 12.4 Å². The lowest BCUT2D eigenvalue weighted by Gasteiger charge is -2.07. The standard InChI is InChI=1S/C18H13N3O5S/c1-25-18(24)16-11(6-7-27-16)20-13(22)8-21-9-19-14-10-4-2-3-5-12(10)26-15(14)17(21)23/h2-7,9H,8H2,1H3,(H,20,22). The van der Waals surface area contributed by atoms with Crippen molar-refractivity contribution in [1.29, 1.82) is 0 Å². The minimum Gasteiger partial charge on any atom is -0.465 e. The molecule has 1 aromatic carbocycles. The van der Waals surface area contributed by atoms with Crippen LogP contribution in [-0.2, 0) is 16.1 Å². The van der Waals surface area contributed by atoms with Crippen LogP contribution in [0.2, 0.25) is 0 Å². The van der Waals surface area contributed by atoms with E-state index in [1.54, 1.807) is 23.6 Å². The number of nitrogens with one attached hydrogen (secondary N) is 1. The number of hydrogen-bond acceptors (Lipinski definition) is 7. The van der Waals surface area contributed by atoms with E-state index in [2.05, 4.69) is 15.0 Å². The van der Waals surface area contributed by atoms with Crippen LogP contribution in [0.3, 0.4) is 0 Å². The quantitative estimate of drug-likeness (QED) is 0.544. The van der Waals surface area contributed by atoms with E-state index >= 15 is 0 Å². The fourth-order valence-corrected chi connectivity index (χ4v) is 3.50. The highest BCUT2D eigenvalue weighted by Crippen LogP contribution is 2.24. The summed E-state index contributed by atoms with van der Waals surface area (Å²) in [7, 11) is 1.27. The Bertz CT molecular complexity index is 1240. The van der Waals surface area contributed by atoms with Gasteiger partial charge in [-0.2, -0.15) is 0 Å². The van der Waals surface area contributed by atoms with Gasteiger partial charge in [-0.05, 0) is 23.6 Å². The number of para-hydroxylation sites is 1. The Balaban J connectivity index is 1.62. The monoisotopic (exact) mass is 383 g/mol. The lowest BCUT2D eigenvalue weighted by atomic mass is 10.2. The molecule has 0 aliphatic rings. The van der Waals surface area contributed by atoms with E-state index < -0.39 is 17.4 Å². The first-order valence-electron chi connectivity index (χ1n) is 7.91. The van der Waals surface area contributed by atoms with Gasteiger partial charge in [-0.3, -0.25) is 14.2 Å². The Morgan fingerprint density at radius 1 is 1.30 bits per heavy atom. The molecule has 0 saturated carbocycles. The normalized spacial score (nSPS) is 11.0. The molecule has 1 N–H and O–H groups in total. The molecule has 0 radical (unpaired) electrons. The maximum Gasteiger partial charge on any atom is 0.350 e. The number of carbonyl (C=O) groups is 2. The van der Waals surface area contributed by atoms with E-state index in [0.29, 0.717) is 16.8 Å². The average Bonchev–Trinajstić information content (AvgIpc) is 3.28. The third-order valence-electron chi connectivity index (χ3n) is 3.97. The maximum absolute atomic E-state index is 12.6. The first-order chi connectivity index (χ1) is 13.1. The smallest absolute Gasteiger partial charge is 0.350 e. The first-order valence-corrected chi connectivity index (χ1v) is 8.79. The predicted octanol–water partition coefficient (Wildman–Crippen LogP) is 2.63. The topological polar surface area (TPSA) is 103 Å². The molecule has 0 spiro atoms. The second kappa shape index (κ2) is 6.69. The number of rotatable bonds is 4. The van der Waals surface area contributed by atoms with Gasteiger partial charge in [0.2, 0.25) is 11.5 Å². The number of fused-ring (bicyclic) bond motifs is 3. The van der Waals surface area contributed by atoms with Crippen molar-refractivity contribution in [3.8, 4) is 0 Å². The van der Waals surface area contributed by atoms with Crippen LogP contribution in [0.5, 0.6) is 0 Å². The summed E-state index contributed by atoms with van der Waals surface area (Å²) in [5.41, 5.74) is 0.989. The third-order valence-corrected chi connectivity index (χ3v) is 4.87. The van der Waals surface area contributed by atoms with Crippen molar-refractivity contribution in [3.05, 3.63) is 57.3 Å². The summed E-state index contributed by atoms with van der Waals surface area (Å²) in [5.74, 6) is -1.01. The van der Waals surface area contributed by atoms with E-state index in [4.69, 9.17) is 4.42 Å². The Hall–Kier alpha value is -3.46. The predicted molar refractivity (Wildman–Crippen MR) is 100 cm³/mol. The molecule has 3 heterocycles. The van der Waals surface area contributed by atoms with Crippen LogP contribution in [0.25, 0.3) is 22.1 Å². The van der Waals surface area contributed by atoms with Gasteiger partial charge in [-0.1, -0.05) is 12.1 Å². The molecule has 4 rings (SSSR count). The van der Waals surface area contributed by atoms with Crippen LogP contribution in [0.1, 0.15) is 9.67 Å². The Kier molecular flexibility index (Phi) is 4.21. The number of aromatic nitrogens is 2. The number of nitrogens with zero attached hydrogens (tertiary/aromatic N) is 2. The highest BCUT2D eigenvalue weighted by atomic mass is 32.1. The summed E-state index contributed by atoms with van der Waals surface area (Å²) in [4.78, 5) is 41.2. The van der Waals surface area contributed by atoms with E-state index in [0.717, 1.165) is 21.3 Å². The summed E-state index contributed by atoms with van der Waals surface area (Å²) in [6.07, 6.45) is 1.31. The van der Waals surface area contributed by atoms with Gasteiger partial charge < -0.3 is 14.5 Å². The number of furan rings is 1. The zero-order valence-corrected chi connectivity index (χ0v) is 14.9. The van der Waals surface area contributed by atoms with Crippen molar-refractivity contribution in [1.82, 2.24) is 9.55 Å². The number of anilines is 1. The largest absolute Gasteiger partial charge is 0.465 e. The number of benzene rings is 1. The molecule has 0 unspecified atom stereocenters. The summed E-state index contributed by atoms with van der Waals surface area (Å²) >= 11 is 1.15. The number of methoxy groups -OCH3 is 1. The summed E-state index contributed by atoms with van der Waals surface area (Å²) < 4.78 is 11.4. The van der Waals surface area contributed by atoms with E-state index in [9.17, 15) is 14.4 Å². The molecule has 0 aliphatic heterocycles. The van der Waals surface area contributed by atoms with Gasteiger partial charge in [0, 0.05) is 5.39 Å². The van der Waals surface area contributed by atoms with Gasteiger partial charge >= 0.3 is 5.97 Å². The SMILES string of the molecule is COC(=O)c1sccc1NC(=O)Cn1cnc2c(oc3ccccc32)c1=O. The molecule has 3 aromatic heterocycles. The second-order valence-electron chi connectivity index (χ2n) is 5.66. The van der Waals surface area contributed by atoms with E-state index in [1.807, 2.05) is 12.1 Å². The molecule has 27 heavy (non-hydrogen) atoms. The molecule has 0 fully saturated rings. The molecule has 0 aliphatic carbocycles. The minimum atomic E-state index is -0.539. The molecule has 0 saturated heterocycles. The van der Waals surface area contributed by atoms with Crippen molar-refractivity contribution >= 4 is 51.0 Å². The average molecular weight is 383 g/mol. The number of thiophene rings is 1. The highest BCUT2D eigenvalue weighted by molar-refractivity contribution is 7.12. The molecule has 0 atom stereocenters. The first kappa shape index (κ1) is 17.0. The van der Waals surface area contributed by atoms with Crippen molar-refractivity contribution in [2.45, 2.75) is 6.54 Å². The van der Waals surface area contributed by atoms with Crippen LogP contribution in [0, 0.1) is 0 Å².